The van der Waals surface area contributed by atoms with Gasteiger partial charge in [0, 0.05) is 13.1 Å². The van der Waals surface area contributed by atoms with Gasteiger partial charge in [-0.05, 0) is 24.5 Å². The molecule has 1 aromatic rings. The van der Waals surface area contributed by atoms with E-state index in [2.05, 4.69) is 0 Å². The average Bonchev–Trinajstić information content (AvgIpc) is 2.75. The van der Waals surface area contributed by atoms with Crippen LogP contribution in [0.4, 0.5) is 0 Å². The lowest BCUT2D eigenvalue weighted by Crippen LogP contribution is -2.42. The third-order valence-corrected chi connectivity index (χ3v) is 7.12. The van der Waals surface area contributed by atoms with Crippen LogP contribution in [0.25, 0.3) is 0 Å². The minimum Gasteiger partial charge on any atom is -0.389 e. The molecule has 1 aromatic heterocycles. The lowest BCUT2D eigenvalue weighted by Gasteiger charge is -2.34. The quantitative estimate of drug-likeness (QED) is 0.866. The van der Waals surface area contributed by atoms with E-state index in [1.54, 1.807) is 19.2 Å². The fourth-order valence-electron chi connectivity index (χ4n) is 1.49. The Kier molecular flexibility index (Phi) is 4.77. The largest absolute Gasteiger partial charge is 0.389 e. The van der Waals surface area contributed by atoms with Gasteiger partial charge in [-0.25, -0.2) is 8.42 Å². The fraction of sp³-hybridized carbons (Fsp3) is 0.583. The maximum Gasteiger partial charge on any atom is 0.252 e. The number of thiocarbonyl (C=S) groups is 1. The summed E-state index contributed by atoms with van der Waals surface area (Å²) in [5, 5.41) is 0. The van der Waals surface area contributed by atoms with Crippen LogP contribution in [0.1, 0.15) is 32.6 Å². The molecule has 1 atom stereocenters. The maximum absolute atomic E-state index is 12.5. The Morgan fingerprint density at radius 2 is 1.95 bits per heavy atom. The van der Waals surface area contributed by atoms with Gasteiger partial charge in [0.25, 0.3) is 10.0 Å². The molecule has 0 saturated heterocycles. The first-order chi connectivity index (χ1) is 8.48. The minimum atomic E-state index is -3.50. The van der Waals surface area contributed by atoms with Crippen molar-refractivity contribution in [1.29, 1.82) is 0 Å². The molecule has 0 aliphatic rings. The van der Waals surface area contributed by atoms with Gasteiger partial charge >= 0.3 is 0 Å². The van der Waals surface area contributed by atoms with Crippen LogP contribution in [0.2, 0.25) is 0 Å². The first-order valence-corrected chi connectivity index (χ1v) is 8.52. The van der Waals surface area contributed by atoms with Crippen LogP contribution >= 0.6 is 23.6 Å². The van der Waals surface area contributed by atoms with E-state index in [9.17, 15) is 8.42 Å². The molecule has 0 radical (unpaired) electrons. The second-order valence-corrected chi connectivity index (χ2v) is 9.29. The smallest absolute Gasteiger partial charge is 0.252 e. The number of nitrogens with zero attached hydrogens (tertiary/aromatic N) is 1. The van der Waals surface area contributed by atoms with Crippen LogP contribution in [0.15, 0.2) is 16.3 Å². The Bertz CT molecular complexity index is 570. The van der Waals surface area contributed by atoms with Gasteiger partial charge in [-0.1, -0.05) is 33.0 Å². The van der Waals surface area contributed by atoms with Crippen LogP contribution in [-0.4, -0.2) is 30.8 Å². The zero-order valence-electron chi connectivity index (χ0n) is 11.8. The number of nitrogens with two attached hydrogens (primary N) is 1. The zero-order chi connectivity index (χ0) is 15.0. The topological polar surface area (TPSA) is 63.4 Å². The first kappa shape index (κ1) is 16.6. The highest BCUT2D eigenvalue weighted by Gasteiger charge is 2.33. The highest BCUT2D eigenvalue weighted by molar-refractivity contribution is 7.91. The molecule has 1 heterocycles. The summed E-state index contributed by atoms with van der Waals surface area (Å²) >= 11 is 5.96. The minimum absolute atomic E-state index is 0.118. The van der Waals surface area contributed by atoms with Gasteiger partial charge in [0.2, 0.25) is 0 Å². The van der Waals surface area contributed by atoms with E-state index in [-0.39, 0.29) is 20.7 Å². The van der Waals surface area contributed by atoms with Gasteiger partial charge in [0.1, 0.15) is 9.20 Å². The summed E-state index contributed by atoms with van der Waals surface area (Å²) in [6.45, 7) is 7.94. The molecule has 0 spiro atoms. The maximum atomic E-state index is 12.5. The van der Waals surface area contributed by atoms with E-state index in [0.29, 0.717) is 4.88 Å². The summed E-state index contributed by atoms with van der Waals surface area (Å²) < 4.78 is 26.7. The van der Waals surface area contributed by atoms with Gasteiger partial charge in [-0.15, -0.1) is 11.3 Å². The summed E-state index contributed by atoms with van der Waals surface area (Å²) in [7, 11) is -1.89. The summed E-state index contributed by atoms with van der Waals surface area (Å²) in [6.07, 6.45) is 0. The highest BCUT2D eigenvalue weighted by Crippen LogP contribution is 2.30. The number of rotatable bonds is 4. The number of hydrogen-bond acceptors (Lipinski definition) is 4. The second-order valence-electron chi connectivity index (χ2n) is 5.55. The Morgan fingerprint density at radius 1 is 1.42 bits per heavy atom. The predicted octanol–water partition coefficient (Wildman–Crippen LogP) is 2.44. The molecular formula is C12H20N2O2S3. The van der Waals surface area contributed by atoms with Gasteiger partial charge in [-0.3, -0.25) is 0 Å². The zero-order valence-corrected chi connectivity index (χ0v) is 14.2. The normalized spacial score (nSPS) is 14.6. The van der Waals surface area contributed by atoms with Gasteiger partial charge in [0.05, 0.1) is 4.88 Å². The van der Waals surface area contributed by atoms with Crippen molar-refractivity contribution < 1.29 is 8.42 Å². The Morgan fingerprint density at radius 3 is 2.32 bits per heavy atom. The molecule has 19 heavy (non-hydrogen) atoms. The molecule has 0 saturated carbocycles. The van der Waals surface area contributed by atoms with E-state index in [4.69, 9.17) is 18.0 Å². The van der Waals surface area contributed by atoms with E-state index in [1.807, 2.05) is 27.7 Å². The molecule has 0 aliphatic heterocycles. The molecule has 0 aromatic carbocycles. The highest BCUT2D eigenvalue weighted by atomic mass is 32.2. The van der Waals surface area contributed by atoms with Crippen molar-refractivity contribution in [3.8, 4) is 0 Å². The number of hydrogen-bond donors (Lipinski definition) is 1. The lowest BCUT2D eigenvalue weighted by atomic mass is 9.88. The average molecular weight is 321 g/mol. The molecule has 2 N–H and O–H groups in total. The summed E-state index contributed by atoms with van der Waals surface area (Å²) in [4.78, 5) is 0.836. The SMILES string of the molecule is CC(N(C)S(=O)(=O)c1ccc(C(N)=S)s1)C(C)(C)C. The van der Waals surface area contributed by atoms with Gasteiger partial charge in [0.15, 0.2) is 0 Å². The molecule has 0 aliphatic carbocycles. The van der Waals surface area contributed by atoms with Crippen LogP contribution in [-0.2, 0) is 10.0 Å². The Balaban J connectivity index is 3.13. The van der Waals surface area contributed by atoms with Crippen LogP contribution < -0.4 is 5.73 Å². The first-order valence-electron chi connectivity index (χ1n) is 5.85. The van der Waals surface area contributed by atoms with Crippen molar-refractivity contribution in [3.63, 3.8) is 0 Å². The van der Waals surface area contributed by atoms with Crippen molar-refractivity contribution in [2.75, 3.05) is 7.05 Å². The van der Waals surface area contributed by atoms with E-state index in [0.717, 1.165) is 11.3 Å². The number of sulfonamides is 1. The molecule has 108 valence electrons. The standard InChI is InChI=1S/C12H20N2O2S3/c1-8(12(2,3)4)14(5)19(15,16)10-7-6-9(18-10)11(13)17/h6-8H,1-5H3,(H2,13,17). The third kappa shape index (κ3) is 3.53. The van der Waals surface area contributed by atoms with Crippen LogP contribution in [0.5, 0.6) is 0 Å². The lowest BCUT2D eigenvalue weighted by molar-refractivity contribution is 0.217. The van der Waals surface area contributed by atoms with Crippen molar-refractivity contribution in [2.24, 2.45) is 11.1 Å². The summed E-state index contributed by atoms with van der Waals surface area (Å²) in [5.74, 6) is 0. The number of thiophene rings is 1. The van der Waals surface area contributed by atoms with Gasteiger partial charge < -0.3 is 5.73 Å². The van der Waals surface area contributed by atoms with Crippen LogP contribution in [0.3, 0.4) is 0 Å². The summed E-state index contributed by atoms with van der Waals surface area (Å²) in [5.41, 5.74) is 5.38. The van der Waals surface area contributed by atoms with Crippen molar-refractivity contribution >= 4 is 38.6 Å². The van der Waals surface area contributed by atoms with E-state index < -0.39 is 10.0 Å². The molecule has 0 amide bonds. The molecule has 1 unspecified atom stereocenters. The second kappa shape index (κ2) is 5.47. The fourth-order valence-corrected chi connectivity index (χ4v) is 4.57. The Hall–Kier alpha value is -0.500. The molecular weight excluding hydrogens is 300 g/mol. The monoisotopic (exact) mass is 320 g/mol. The molecule has 1 rings (SSSR count). The van der Waals surface area contributed by atoms with Crippen molar-refractivity contribution in [1.82, 2.24) is 4.31 Å². The molecule has 4 nitrogen and oxygen atoms in total. The molecule has 0 bridgehead atoms. The predicted molar refractivity (Wildman–Crippen MR) is 84.1 cm³/mol. The summed E-state index contributed by atoms with van der Waals surface area (Å²) in [6, 6.07) is 3.09. The van der Waals surface area contributed by atoms with Crippen molar-refractivity contribution in [2.45, 2.75) is 37.9 Å². The van der Waals surface area contributed by atoms with Crippen molar-refractivity contribution in [3.05, 3.63) is 17.0 Å². The van der Waals surface area contributed by atoms with E-state index in [1.165, 1.54) is 4.31 Å². The molecule has 7 heteroatoms. The Labute approximate surface area is 124 Å². The van der Waals surface area contributed by atoms with E-state index >= 15 is 0 Å². The van der Waals surface area contributed by atoms with Crippen LogP contribution in [0, 0.1) is 5.41 Å². The third-order valence-electron chi connectivity index (χ3n) is 3.26. The van der Waals surface area contributed by atoms with Gasteiger partial charge in [-0.2, -0.15) is 4.31 Å². The molecule has 0 fully saturated rings.